The van der Waals surface area contributed by atoms with Crippen molar-refractivity contribution in [1.82, 2.24) is 0 Å². The van der Waals surface area contributed by atoms with Gasteiger partial charge in [0.25, 0.3) is 0 Å². The number of hydrogen-bond acceptors (Lipinski definition) is 1. The Labute approximate surface area is 75.0 Å². The van der Waals surface area contributed by atoms with Crippen molar-refractivity contribution in [3.8, 4) is 0 Å². The molecule has 0 saturated heterocycles. The summed E-state index contributed by atoms with van der Waals surface area (Å²) in [6.45, 7) is 2.09. The fourth-order valence-corrected chi connectivity index (χ4v) is 2.02. The summed E-state index contributed by atoms with van der Waals surface area (Å²) in [5.74, 6) is -0.188. The highest BCUT2D eigenvalue weighted by atomic mass is 16.4. The van der Waals surface area contributed by atoms with Gasteiger partial charge >= 0.3 is 5.97 Å². The Kier molecular flexibility index (Phi) is 4.95. The summed E-state index contributed by atoms with van der Waals surface area (Å²) >= 11 is 0. The zero-order chi connectivity index (χ0) is 8.27. The second-order valence-corrected chi connectivity index (χ2v) is 3.40. The number of carbonyl (C=O) groups is 1. The third-order valence-electron chi connectivity index (χ3n) is 2.75. The SMILES string of the molecule is C.CCC1CCCCC1C(=O)O. The molecule has 72 valence electrons. The monoisotopic (exact) mass is 172 g/mol. The topological polar surface area (TPSA) is 37.3 Å². The van der Waals surface area contributed by atoms with Gasteiger partial charge in [0.2, 0.25) is 0 Å². The molecule has 12 heavy (non-hydrogen) atoms. The van der Waals surface area contributed by atoms with Gasteiger partial charge < -0.3 is 5.11 Å². The lowest BCUT2D eigenvalue weighted by molar-refractivity contribution is -0.144. The normalized spacial score (nSPS) is 29.1. The van der Waals surface area contributed by atoms with E-state index in [1.807, 2.05) is 0 Å². The van der Waals surface area contributed by atoms with Gasteiger partial charge in [0.05, 0.1) is 5.92 Å². The highest BCUT2D eigenvalue weighted by molar-refractivity contribution is 5.70. The Balaban J connectivity index is 0.00000121. The molecule has 0 aliphatic heterocycles. The first kappa shape index (κ1) is 11.5. The highest BCUT2D eigenvalue weighted by Gasteiger charge is 2.28. The van der Waals surface area contributed by atoms with Crippen LogP contribution in [0.25, 0.3) is 0 Å². The van der Waals surface area contributed by atoms with Crippen molar-refractivity contribution >= 4 is 5.97 Å². The van der Waals surface area contributed by atoms with E-state index in [0.29, 0.717) is 5.92 Å². The van der Waals surface area contributed by atoms with Gasteiger partial charge in [-0.05, 0) is 18.8 Å². The molecule has 0 bridgehead atoms. The van der Waals surface area contributed by atoms with E-state index >= 15 is 0 Å². The largest absolute Gasteiger partial charge is 0.481 e. The first-order valence-corrected chi connectivity index (χ1v) is 4.48. The van der Waals surface area contributed by atoms with Gasteiger partial charge in [-0.15, -0.1) is 0 Å². The fraction of sp³-hybridized carbons (Fsp3) is 0.900. The molecule has 1 saturated carbocycles. The molecule has 0 aromatic rings. The van der Waals surface area contributed by atoms with Crippen molar-refractivity contribution in [3.05, 3.63) is 0 Å². The van der Waals surface area contributed by atoms with Gasteiger partial charge in [0.15, 0.2) is 0 Å². The molecule has 0 heterocycles. The van der Waals surface area contributed by atoms with Crippen LogP contribution in [0.2, 0.25) is 0 Å². The van der Waals surface area contributed by atoms with Crippen molar-refractivity contribution in [3.63, 3.8) is 0 Å². The van der Waals surface area contributed by atoms with Crippen molar-refractivity contribution in [2.75, 3.05) is 0 Å². The van der Waals surface area contributed by atoms with Crippen LogP contribution in [0, 0.1) is 11.8 Å². The van der Waals surface area contributed by atoms with E-state index in [4.69, 9.17) is 5.11 Å². The molecule has 2 nitrogen and oxygen atoms in total. The third-order valence-corrected chi connectivity index (χ3v) is 2.75. The van der Waals surface area contributed by atoms with Gasteiger partial charge in [-0.2, -0.15) is 0 Å². The van der Waals surface area contributed by atoms with Crippen LogP contribution >= 0.6 is 0 Å². The van der Waals surface area contributed by atoms with Crippen LogP contribution in [0.1, 0.15) is 46.5 Å². The maximum atomic E-state index is 10.7. The summed E-state index contributed by atoms with van der Waals surface area (Å²) in [5.41, 5.74) is 0. The van der Waals surface area contributed by atoms with Crippen LogP contribution in [-0.4, -0.2) is 11.1 Å². The quantitative estimate of drug-likeness (QED) is 0.695. The molecular weight excluding hydrogens is 152 g/mol. The Morgan fingerprint density at radius 1 is 1.42 bits per heavy atom. The van der Waals surface area contributed by atoms with E-state index in [-0.39, 0.29) is 13.3 Å². The summed E-state index contributed by atoms with van der Waals surface area (Å²) in [6, 6.07) is 0. The molecule has 2 atom stereocenters. The molecule has 0 spiro atoms. The zero-order valence-corrected chi connectivity index (χ0v) is 7.05. The molecule has 2 unspecified atom stereocenters. The summed E-state index contributed by atoms with van der Waals surface area (Å²) in [5, 5.41) is 8.84. The summed E-state index contributed by atoms with van der Waals surface area (Å²) in [7, 11) is 0. The molecule has 1 fully saturated rings. The Hall–Kier alpha value is -0.530. The standard InChI is InChI=1S/C9H16O2.CH4/c1-2-7-5-3-4-6-8(7)9(10)11;/h7-8H,2-6H2,1H3,(H,10,11);1H4. The maximum Gasteiger partial charge on any atom is 0.306 e. The van der Waals surface area contributed by atoms with E-state index in [1.54, 1.807) is 0 Å². The molecule has 0 radical (unpaired) electrons. The summed E-state index contributed by atoms with van der Waals surface area (Å²) < 4.78 is 0. The third kappa shape index (κ3) is 2.50. The van der Waals surface area contributed by atoms with Crippen molar-refractivity contribution < 1.29 is 9.90 Å². The molecule has 1 N–H and O–H groups in total. The van der Waals surface area contributed by atoms with E-state index in [9.17, 15) is 4.79 Å². The number of carboxylic acids is 1. The molecule has 0 aromatic carbocycles. The van der Waals surface area contributed by atoms with Gasteiger partial charge in [0.1, 0.15) is 0 Å². The van der Waals surface area contributed by atoms with Crippen LogP contribution in [0.4, 0.5) is 0 Å². The number of aliphatic carboxylic acids is 1. The van der Waals surface area contributed by atoms with Crippen LogP contribution in [0.3, 0.4) is 0 Å². The minimum absolute atomic E-state index is 0. The van der Waals surface area contributed by atoms with E-state index < -0.39 is 5.97 Å². The second kappa shape index (κ2) is 5.18. The average molecular weight is 172 g/mol. The van der Waals surface area contributed by atoms with Crippen LogP contribution < -0.4 is 0 Å². The van der Waals surface area contributed by atoms with Gasteiger partial charge in [0, 0.05) is 0 Å². The van der Waals surface area contributed by atoms with E-state index in [2.05, 4.69) is 6.92 Å². The lowest BCUT2D eigenvalue weighted by atomic mass is 9.78. The van der Waals surface area contributed by atoms with E-state index in [1.165, 1.54) is 6.42 Å². The molecule has 0 aromatic heterocycles. The maximum absolute atomic E-state index is 10.7. The number of carboxylic acid groups (broad SMARTS) is 1. The predicted molar refractivity (Wildman–Crippen MR) is 50.1 cm³/mol. The highest BCUT2D eigenvalue weighted by Crippen LogP contribution is 2.32. The molecule has 1 rings (SSSR count). The van der Waals surface area contributed by atoms with E-state index in [0.717, 1.165) is 25.7 Å². The van der Waals surface area contributed by atoms with Crippen LogP contribution in [-0.2, 0) is 4.79 Å². The first-order valence-electron chi connectivity index (χ1n) is 4.48. The molecule has 0 amide bonds. The minimum atomic E-state index is -0.587. The van der Waals surface area contributed by atoms with Crippen LogP contribution in [0.15, 0.2) is 0 Å². The smallest absolute Gasteiger partial charge is 0.306 e. The minimum Gasteiger partial charge on any atom is -0.481 e. The van der Waals surface area contributed by atoms with Gasteiger partial charge in [-0.1, -0.05) is 33.6 Å². The fourth-order valence-electron chi connectivity index (χ4n) is 2.02. The average Bonchev–Trinajstić information content (AvgIpc) is 2.04. The van der Waals surface area contributed by atoms with Gasteiger partial charge in [-0.3, -0.25) is 4.79 Å². The lowest BCUT2D eigenvalue weighted by Gasteiger charge is -2.27. The molecule has 1 aliphatic carbocycles. The van der Waals surface area contributed by atoms with Gasteiger partial charge in [-0.25, -0.2) is 0 Å². The number of rotatable bonds is 2. The zero-order valence-electron chi connectivity index (χ0n) is 7.05. The van der Waals surface area contributed by atoms with Crippen molar-refractivity contribution in [1.29, 1.82) is 0 Å². The lowest BCUT2D eigenvalue weighted by Crippen LogP contribution is -2.26. The van der Waals surface area contributed by atoms with Crippen LogP contribution in [0.5, 0.6) is 0 Å². The predicted octanol–water partition coefficient (Wildman–Crippen LogP) is 2.92. The van der Waals surface area contributed by atoms with Crippen molar-refractivity contribution in [2.45, 2.75) is 46.5 Å². The molecule has 1 aliphatic rings. The Morgan fingerprint density at radius 3 is 2.42 bits per heavy atom. The first-order chi connectivity index (χ1) is 5.25. The second-order valence-electron chi connectivity index (χ2n) is 3.40. The Morgan fingerprint density at radius 2 is 2.00 bits per heavy atom. The van der Waals surface area contributed by atoms with Crippen molar-refractivity contribution in [2.24, 2.45) is 11.8 Å². The Bertz CT molecular complexity index is 143. The summed E-state index contributed by atoms with van der Waals surface area (Å²) in [6.07, 6.45) is 5.37. The molecule has 2 heteroatoms. The molecular formula is C10H20O2. The number of hydrogen-bond donors (Lipinski definition) is 1. The summed E-state index contributed by atoms with van der Waals surface area (Å²) in [4.78, 5) is 10.7.